The number of methoxy groups -OCH3 is 1. The molecule has 2 rings (SSSR count). The molecular formula is C22H33N3O5S. The van der Waals surface area contributed by atoms with E-state index >= 15 is 0 Å². The first-order valence-corrected chi connectivity index (χ1v) is 11.3. The van der Waals surface area contributed by atoms with E-state index < -0.39 is 17.7 Å². The summed E-state index contributed by atoms with van der Waals surface area (Å²) in [5.41, 5.74) is 0.415. The summed E-state index contributed by atoms with van der Waals surface area (Å²) in [4.78, 5) is 38.9. The van der Waals surface area contributed by atoms with Crippen LogP contribution in [0.15, 0.2) is 30.3 Å². The molecule has 1 aliphatic heterocycles. The van der Waals surface area contributed by atoms with Crippen molar-refractivity contribution >= 4 is 29.7 Å². The van der Waals surface area contributed by atoms with E-state index in [1.54, 1.807) is 39.5 Å². The number of hydrogen-bond donors (Lipinski definition) is 2. The number of nitrogens with one attached hydrogen (secondary N) is 2. The van der Waals surface area contributed by atoms with Gasteiger partial charge in [-0.05, 0) is 46.7 Å². The van der Waals surface area contributed by atoms with Crippen LogP contribution in [0.3, 0.4) is 0 Å². The molecule has 8 nitrogen and oxygen atoms in total. The van der Waals surface area contributed by atoms with Crippen LogP contribution in [0, 0.1) is 0 Å². The molecular weight excluding hydrogens is 418 g/mol. The Morgan fingerprint density at radius 3 is 2.42 bits per heavy atom. The third kappa shape index (κ3) is 7.43. The average molecular weight is 452 g/mol. The molecule has 0 saturated carbocycles. The number of carbonyl (C=O) groups is 3. The van der Waals surface area contributed by atoms with Gasteiger partial charge >= 0.3 is 12.1 Å². The Morgan fingerprint density at radius 2 is 1.84 bits per heavy atom. The van der Waals surface area contributed by atoms with Crippen molar-refractivity contribution in [3.05, 3.63) is 35.9 Å². The Hall–Kier alpha value is -2.26. The van der Waals surface area contributed by atoms with Crippen LogP contribution in [0.2, 0.25) is 0 Å². The Kier molecular flexibility index (Phi) is 8.76. The maximum atomic E-state index is 12.9. The van der Waals surface area contributed by atoms with Crippen LogP contribution in [-0.2, 0) is 25.5 Å². The van der Waals surface area contributed by atoms with Gasteiger partial charge in [0, 0.05) is 5.75 Å². The second kappa shape index (κ2) is 10.9. The van der Waals surface area contributed by atoms with Gasteiger partial charge in [-0.2, -0.15) is 0 Å². The quantitative estimate of drug-likeness (QED) is 0.613. The lowest BCUT2D eigenvalue weighted by molar-refractivity contribution is -0.145. The lowest BCUT2D eigenvalue weighted by atomic mass is 10.0. The summed E-state index contributed by atoms with van der Waals surface area (Å²) in [6, 6.07) is 8.41. The Bertz CT molecular complexity index is 768. The normalized spacial score (nSPS) is 21.1. The van der Waals surface area contributed by atoms with Crippen molar-refractivity contribution in [2.24, 2.45) is 0 Å². The molecule has 9 heteroatoms. The zero-order chi connectivity index (χ0) is 23.2. The molecule has 0 radical (unpaired) electrons. The number of hydrogen-bond acceptors (Lipinski definition) is 7. The fourth-order valence-corrected chi connectivity index (χ4v) is 4.85. The number of alkyl carbamates (subject to hydrolysis) is 1. The molecule has 1 aromatic carbocycles. The van der Waals surface area contributed by atoms with Gasteiger partial charge in [0.25, 0.3) is 0 Å². The summed E-state index contributed by atoms with van der Waals surface area (Å²) in [6.07, 6.45) is -0.0605. The number of ether oxygens (including phenoxy) is 2. The highest BCUT2D eigenvalue weighted by Crippen LogP contribution is 2.31. The van der Waals surface area contributed by atoms with E-state index in [-0.39, 0.29) is 29.3 Å². The van der Waals surface area contributed by atoms with Gasteiger partial charge in [-0.15, -0.1) is 11.8 Å². The van der Waals surface area contributed by atoms with Crippen LogP contribution < -0.4 is 10.6 Å². The van der Waals surface area contributed by atoms with Gasteiger partial charge in [-0.3, -0.25) is 14.5 Å². The first-order valence-electron chi connectivity index (χ1n) is 10.3. The van der Waals surface area contributed by atoms with Crippen molar-refractivity contribution in [3.63, 3.8) is 0 Å². The van der Waals surface area contributed by atoms with E-state index in [1.165, 1.54) is 7.11 Å². The monoisotopic (exact) mass is 451 g/mol. The molecule has 2 amide bonds. The number of likely N-dealkylation sites (N-methyl/N-ethyl adjacent to an activating group) is 1. The molecule has 1 heterocycles. The highest BCUT2D eigenvalue weighted by molar-refractivity contribution is 8.00. The summed E-state index contributed by atoms with van der Waals surface area (Å²) in [7, 11) is 3.24. The van der Waals surface area contributed by atoms with E-state index in [0.717, 1.165) is 5.56 Å². The topological polar surface area (TPSA) is 97.0 Å². The summed E-state index contributed by atoms with van der Waals surface area (Å²) in [5, 5.41) is 5.51. The fraction of sp³-hybridized carbons (Fsp3) is 0.591. The highest BCUT2D eigenvalue weighted by atomic mass is 32.2. The predicted octanol–water partition coefficient (Wildman–Crippen LogP) is 2.17. The minimum absolute atomic E-state index is 0.123. The number of nitrogens with zero attached hydrogens (tertiary/aromatic N) is 1. The molecule has 1 unspecified atom stereocenters. The smallest absolute Gasteiger partial charge is 0.408 e. The summed E-state index contributed by atoms with van der Waals surface area (Å²) in [5.74, 6) is -0.0229. The minimum Gasteiger partial charge on any atom is -0.468 e. The highest BCUT2D eigenvalue weighted by Gasteiger charge is 2.41. The minimum atomic E-state index is -0.777. The molecule has 1 fully saturated rings. The Balaban J connectivity index is 2.11. The fourth-order valence-electron chi connectivity index (χ4n) is 3.32. The zero-order valence-corrected chi connectivity index (χ0v) is 19.8. The van der Waals surface area contributed by atoms with Crippen molar-refractivity contribution in [2.45, 2.75) is 63.2 Å². The molecule has 2 N–H and O–H groups in total. The van der Waals surface area contributed by atoms with Crippen LogP contribution in [0.4, 0.5) is 4.79 Å². The number of esters is 1. The predicted molar refractivity (Wildman–Crippen MR) is 121 cm³/mol. The van der Waals surface area contributed by atoms with Crippen LogP contribution in [0.5, 0.6) is 0 Å². The van der Waals surface area contributed by atoms with Crippen LogP contribution in [0.25, 0.3) is 0 Å². The first kappa shape index (κ1) is 25.0. The molecule has 0 aromatic heterocycles. The number of carbonyl (C=O) groups excluding carboxylic acids is 3. The molecule has 31 heavy (non-hydrogen) atoms. The largest absolute Gasteiger partial charge is 0.468 e. The maximum absolute atomic E-state index is 12.9. The zero-order valence-electron chi connectivity index (χ0n) is 19.0. The molecule has 172 valence electrons. The maximum Gasteiger partial charge on any atom is 0.408 e. The molecule has 0 aliphatic carbocycles. The summed E-state index contributed by atoms with van der Waals surface area (Å²) >= 11 is 1.60. The standard InChI is InChI=1S/C22H33N3O5S/c1-14(23-21(28)30-22(2,3)4)18(26)24-16(12-15-10-8-7-9-11-15)19-25(5)17(13-31-19)20(27)29-6/h7-11,14,16-17,19H,12-13H2,1-6H3,(H,23,28)(H,24,26)/t14-,16-,17-,19?/m0/s1. The molecule has 1 aliphatic rings. The number of rotatable bonds is 7. The third-order valence-corrected chi connectivity index (χ3v) is 6.40. The van der Waals surface area contributed by atoms with Crippen molar-refractivity contribution in [3.8, 4) is 0 Å². The summed E-state index contributed by atoms with van der Waals surface area (Å²) < 4.78 is 10.1. The van der Waals surface area contributed by atoms with E-state index in [1.807, 2.05) is 42.3 Å². The van der Waals surface area contributed by atoms with Crippen molar-refractivity contribution in [2.75, 3.05) is 19.9 Å². The Labute approximate surface area is 188 Å². The average Bonchev–Trinajstić information content (AvgIpc) is 3.07. The third-order valence-electron chi connectivity index (χ3n) is 4.89. The van der Waals surface area contributed by atoms with E-state index in [9.17, 15) is 14.4 Å². The molecule has 0 spiro atoms. The molecule has 4 atom stereocenters. The van der Waals surface area contributed by atoms with Crippen molar-refractivity contribution in [1.82, 2.24) is 15.5 Å². The Morgan fingerprint density at radius 1 is 1.19 bits per heavy atom. The lowest BCUT2D eigenvalue weighted by Gasteiger charge is -2.32. The van der Waals surface area contributed by atoms with Gasteiger partial charge < -0.3 is 20.1 Å². The van der Waals surface area contributed by atoms with Gasteiger partial charge in [0.1, 0.15) is 17.7 Å². The van der Waals surface area contributed by atoms with Crippen LogP contribution in [0.1, 0.15) is 33.3 Å². The first-order chi connectivity index (χ1) is 14.5. The number of amides is 2. The van der Waals surface area contributed by atoms with Crippen molar-refractivity contribution in [1.29, 1.82) is 0 Å². The molecule has 1 saturated heterocycles. The van der Waals surface area contributed by atoms with E-state index in [2.05, 4.69) is 10.6 Å². The van der Waals surface area contributed by atoms with Gasteiger partial charge in [0.15, 0.2) is 0 Å². The molecule has 0 bridgehead atoms. The van der Waals surface area contributed by atoms with Crippen LogP contribution >= 0.6 is 11.8 Å². The number of thioether (sulfide) groups is 1. The van der Waals surface area contributed by atoms with Crippen molar-refractivity contribution < 1.29 is 23.9 Å². The second-order valence-electron chi connectivity index (χ2n) is 8.60. The number of benzene rings is 1. The van der Waals surface area contributed by atoms with Gasteiger partial charge in [0.05, 0.1) is 18.5 Å². The molecule has 1 aromatic rings. The van der Waals surface area contributed by atoms with E-state index in [4.69, 9.17) is 9.47 Å². The van der Waals surface area contributed by atoms with E-state index in [0.29, 0.717) is 12.2 Å². The van der Waals surface area contributed by atoms with Gasteiger partial charge in [-0.25, -0.2) is 4.79 Å². The second-order valence-corrected chi connectivity index (χ2v) is 9.75. The lowest BCUT2D eigenvalue weighted by Crippen LogP contribution is -2.55. The van der Waals surface area contributed by atoms with Gasteiger partial charge in [0.2, 0.25) is 5.91 Å². The SMILES string of the molecule is COC(=O)[C@@H]1CSC([C@H](Cc2ccccc2)NC(=O)[C@H](C)NC(=O)OC(C)(C)C)N1C. The van der Waals surface area contributed by atoms with Crippen LogP contribution in [-0.4, -0.2) is 71.9 Å². The summed E-state index contributed by atoms with van der Waals surface area (Å²) in [6.45, 7) is 6.90. The van der Waals surface area contributed by atoms with Gasteiger partial charge in [-0.1, -0.05) is 30.3 Å².